The standard InChI is InChI=1S/C12H17NO/c1-4-11(3)13-14-9-12-7-5-10(2)6-8-12/h5-8H,4,9H2,1-3H3/b13-11+. The largest absolute Gasteiger partial charge is 0.391 e. The molecule has 0 saturated heterocycles. The molecule has 0 unspecified atom stereocenters. The van der Waals surface area contributed by atoms with E-state index in [1.807, 2.05) is 6.92 Å². The van der Waals surface area contributed by atoms with E-state index in [1.165, 1.54) is 5.56 Å². The molecule has 0 N–H and O–H groups in total. The monoisotopic (exact) mass is 191 g/mol. The molecule has 0 aliphatic carbocycles. The van der Waals surface area contributed by atoms with Gasteiger partial charge in [-0.1, -0.05) is 41.9 Å². The van der Waals surface area contributed by atoms with E-state index in [0.717, 1.165) is 17.7 Å². The molecular formula is C12H17NO. The van der Waals surface area contributed by atoms with Crippen LogP contribution < -0.4 is 0 Å². The summed E-state index contributed by atoms with van der Waals surface area (Å²) in [6, 6.07) is 8.28. The minimum absolute atomic E-state index is 0.553. The fraction of sp³-hybridized carbons (Fsp3) is 0.417. The molecule has 0 atom stereocenters. The Hall–Kier alpha value is -1.31. The van der Waals surface area contributed by atoms with E-state index in [1.54, 1.807) is 0 Å². The number of aryl methyl sites for hydroxylation is 1. The first-order chi connectivity index (χ1) is 6.72. The number of rotatable bonds is 4. The minimum Gasteiger partial charge on any atom is -0.391 e. The molecule has 1 aromatic rings. The molecule has 0 bridgehead atoms. The van der Waals surface area contributed by atoms with Gasteiger partial charge in [0, 0.05) is 0 Å². The summed E-state index contributed by atoms with van der Waals surface area (Å²) in [5.74, 6) is 0. The van der Waals surface area contributed by atoms with Gasteiger partial charge in [0.25, 0.3) is 0 Å². The molecule has 0 radical (unpaired) electrons. The van der Waals surface area contributed by atoms with E-state index in [-0.39, 0.29) is 0 Å². The van der Waals surface area contributed by atoms with Gasteiger partial charge in [-0.05, 0) is 25.8 Å². The van der Waals surface area contributed by atoms with Gasteiger partial charge in [-0.15, -0.1) is 0 Å². The number of benzene rings is 1. The Morgan fingerprint density at radius 3 is 2.50 bits per heavy atom. The molecule has 0 spiro atoms. The summed E-state index contributed by atoms with van der Waals surface area (Å²) in [5, 5.41) is 3.98. The van der Waals surface area contributed by atoms with Crippen LogP contribution >= 0.6 is 0 Å². The molecular weight excluding hydrogens is 174 g/mol. The summed E-state index contributed by atoms with van der Waals surface area (Å²) >= 11 is 0. The lowest BCUT2D eigenvalue weighted by molar-refractivity contribution is 0.130. The zero-order valence-corrected chi connectivity index (χ0v) is 9.08. The second kappa shape index (κ2) is 5.43. The number of hydrogen-bond acceptors (Lipinski definition) is 2. The van der Waals surface area contributed by atoms with E-state index in [0.29, 0.717) is 6.61 Å². The van der Waals surface area contributed by atoms with Gasteiger partial charge in [0.15, 0.2) is 0 Å². The van der Waals surface area contributed by atoms with Gasteiger partial charge >= 0.3 is 0 Å². The van der Waals surface area contributed by atoms with Gasteiger partial charge in [0.2, 0.25) is 0 Å². The third kappa shape index (κ3) is 3.60. The second-order valence-corrected chi connectivity index (χ2v) is 3.44. The van der Waals surface area contributed by atoms with E-state index >= 15 is 0 Å². The number of hydrogen-bond donors (Lipinski definition) is 0. The number of nitrogens with zero attached hydrogens (tertiary/aromatic N) is 1. The Bertz CT molecular complexity index is 301. The maximum Gasteiger partial charge on any atom is 0.142 e. The van der Waals surface area contributed by atoms with Crippen molar-refractivity contribution in [3.05, 3.63) is 35.4 Å². The first-order valence-corrected chi connectivity index (χ1v) is 4.93. The third-order valence-electron chi connectivity index (χ3n) is 2.08. The lowest BCUT2D eigenvalue weighted by Gasteiger charge is -2.01. The molecule has 0 fully saturated rings. The average Bonchev–Trinajstić information content (AvgIpc) is 2.21. The minimum atomic E-state index is 0.553. The van der Waals surface area contributed by atoms with Crippen LogP contribution in [0.1, 0.15) is 31.4 Å². The lowest BCUT2D eigenvalue weighted by Crippen LogP contribution is -1.92. The molecule has 14 heavy (non-hydrogen) atoms. The van der Waals surface area contributed by atoms with E-state index < -0.39 is 0 Å². The normalized spacial score (nSPS) is 11.5. The molecule has 0 aliphatic rings. The highest BCUT2D eigenvalue weighted by Gasteiger charge is 1.92. The van der Waals surface area contributed by atoms with Crippen LogP contribution in [0.25, 0.3) is 0 Å². The zero-order valence-electron chi connectivity index (χ0n) is 9.08. The highest BCUT2D eigenvalue weighted by molar-refractivity contribution is 5.80. The van der Waals surface area contributed by atoms with Crippen molar-refractivity contribution in [3.63, 3.8) is 0 Å². The van der Waals surface area contributed by atoms with Gasteiger partial charge in [0.05, 0.1) is 5.71 Å². The second-order valence-electron chi connectivity index (χ2n) is 3.44. The van der Waals surface area contributed by atoms with E-state index in [2.05, 4.69) is 43.3 Å². The molecule has 0 aliphatic heterocycles. The average molecular weight is 191 g/mol. The Morgan fingerprint density at radius 2 is 1.93 bits per heavy atom. The third-order valence-corrected chi connectivity index (χ3v) is 2.08. The summed E-state index contributed by atoms with van der Waals surface area (Å²) in [4.78, 5) is 5.20. The molecule has 1 aromatic carbocycles. The SMILES string of the molecule is CC/C(C)=N/OCc1ccc(C)cc1. The van der Waals surface area contributed by atoms with Crippen molar-refractivity contribution >= 4 is 5.71 Å². The molecule has 2 heteroatoms. The highest BCUT2D eigenvalue weighted by atomic mass is 16.6. The predicted molar refractivity (Wildman–Crippen MR) is 59.4 cm³/mol. The van der Waals surface area contributed by atoms with E-state index in [9.17, 15) is 0 Å². The molecule has 76 valence electrons. The first-order valence-electron chi connectivity index (χ1n) is 4.93. The molecule has 2 nitrogen and oxygen atoms in total. The van der Waals surface area contributed by atoms with Gasteiger partial charge in [-0.2, -0.15) is 0 Å². The van der Waals surface area contributed by atoms with Gasteiger partial charge < -0.3 is 4.84 Å². The fourth-order valence-corrected chi connectivity index (χ4v) is 0.966. The predicted octanol–water partition coefficient (Wildman–Crippen LogP) is 3.30. The van der Waals surface area contributed by atoms with Crippen LogP contribution in [-0.4, -0.2) is 5.71 Å². The summed E-state index contributed by atoms with van der Waals surface area (Å²) in [7, 11) is 0. The van der Waals surface area contributed by atoms with Crippen LogP contribution in [-0.2, 0) is 11.4 Å². The molecule has 0 aromatic heterocycles. The van der Waals surface area contributed by atoms with Crippen molar-refractivity contribution in [2.45, 2.75) is 33.8 Å². The summed E-state index contributed by atoms with van der Waals surface area (Å²) < 4.78 is 0. The molecule has 1 rings (SSSR count). The molecule has 0 saturated carbocycles. The Balaban J connectivity index is 2.42. The van der Waals surface area contributed by atoms with Crippen LogP contribution in [0.3, 0.4) is 0 Å². The Morgan fingerprint density at radius 1 is 1.29 bits per heavy atom. The smallest absolute Gasteiger partial charge is 0.142 e. The quantitative estimate of drug-likeness (QED) is 0.528. The van der Waals surface area contributed by atoms with Crippen molar-refractivity contribution in [1.29, 1.82) is 0 Å². The van der Waals surface area contributed by atoms with Crippen molar-refractivity contribution in [3.8, 4) is 0 Å². The van der Waals surface area contributed by atoms with Crippen molar-refractivity contribution in [2.24, 2.45) is 5.16 Å². The topological polar surface area (TPSA) is 21.6 Å². The van der Waals surface area contributed by atoms with Crippen molar-refractivity contribution < 1.29 is 4.84 Å². The summed E-state index contributed by atoms with van der Waals surface area (Å²) in [6.07, 6.45) is 0.938. The van der Waals surface area contributed by atoms with E-state index in [4.69, 9.17) is 4.84 Å². The van der Waals surface area contributed by atoms with Crippen molar-refractivity contribution in [2.75, 3.05) is 0 Å². The Labute approximate surface area is 85.6 Å². The zero-order chi connectivity index (χ0) is 10.4. The van der Waals surface area contributed by atoms with Crippen LogP contribution in [0.4, 0.5) is 0 Å². The van der Waals surface area contributed by atoms with Gasteiger partial charge in [0.1, 0.15) is 6.61 Å². The Kier molecular flexibility index (Phi) is 4.17. The van der Waals surface area contributed by atoms with Crippen molar-refractivity contribution in [1.82, 2.24) is 0 Å². The molecule has 0 heterocycles. The molecule has 0 amide bonds. The van der Waals surface area contributed by atoms with Crippen LogP contribution in [0.2, 0.25) is 0 Å². The summed E-state index contributed by atoms with van der Waals surface area (Å²) in [5.41, 5.74) is 3.45. The number of oxime groups is 1. The fourth-order valence-electron chi connectivity index (χ4n) is 0.966. The van der Waals surface area contributed by atoms with Crippen LogP contribution in [0.5, 0.6) is 0 Å². The maximum absolute atomic E-state index is 5.20. The maximum atomic E-state index is 5.20. The van der Waals surface area contributed by atoms with Crippen LogP contribution in [0.15, 0.2) is 29.4 Å². The highest BCUT2D eigenvalue weighted by Crippen LogP contribution is 2.04. The van der Waals surface area contributed by atoms with Gasteiger partial charge in [-0.3, -0.25) is 0 Å². The van der Waals surface area contributed by atoms with Crippen LogP contribution in [0, 0.1) is 6.92 Å². The lowest BCUT2D eigenvalue weighted by atomic mass is 10.2. The summed E-state index contributed by atoms with van der Waals surface area (Å²) in [6.45, 7) is 6.66. The first kappa shape index (κ1) is 10.8. The van der Waals surface area contributed by atoms with Gasteiger partial charge in [-0.25, -0.2) is 0 Å².